The first-order valence-corrected chi connectivity index (χ1v) is 8.66. The van der Waals surface area contributed by atoms with Crippen LogP contribution in [0.15, 0.2) is 0 Å². The van der Waals surface area contributed by atoms with Gasteiger partial charge >= 0.3 is 0 Å². The van der Waals surface area contributed by atoms with Crippen LogP contribution in [0.2, 0.25) is 0 Å². The molecule has 3 aliphatic rings. The molecule has 4 nitrogen and oxygen atoms in total. The maximum Gasteiger partial charge on any atom is 0.225 e. The van der Waals surface area contributed by atoms with Gasteiger partial charge in [0.05, 0.1) is 12.6 Å². The molecule has 4 heteroatoms. The predicted molar refractivity (Wildman–Crippen MR) is 81.4 cm³/mol. The van der Waals surface area contributed by atoms with Crippen molar-refractivity contribution in [3.8, 4) is 6.07 Å². The summed E-state index contributed by atoms with van der Waals surface area (Å²) in [4.78, 5) is 16.9. The number of carbonyl (C=O) groups is 1. The molecular weight excluding hydrogens is 262 g/mol. The van der Waals surface area contributed by atoms with Crippen molar-refractivity contribution in [1.29, 1.82) is 5.26 Å². The van der Waals surface area contributed by atoms with Crippen molar-refractivity contribution >= 4 is 5.91 Å². The third-order valence-electron chi connectivity index (χ3n) is 5.87. The molecule has 1 saturated heterocycles. The summed E-state index contributed by atoms with van der Waals surface area (Å²) < 4.78 is 0. The third kappa shape index (κ3) is 3.40. The van der Waals surface area contributed by atoms with Crippen LogP contribution in [0.25, 0.3) is 0 Å². The molecule has 3 atom stereocenters. The van der Waals surface area contributed by atoms with Gasteiger partial charge in [-0.15, -0.1) is 0 Å². The molecule has 1 amide bonds. The smallest absolute Gasteiger partial charge is 0.225 e. The molecule has 116 valence electrons. The molecule has 2 aliphatic carbocycles. The van der Waals surface area contributed by atoms with E-state index in [0.29, 0.717) is 12.5 Å². The Morgan fingerprint density at radius 2 is 1.71 bits per heavy atom. The number of hydrogen-bond donors (Lipinski definition) is 0. The molecule has 0 aromatic carbocycles. The van der Waals surface area contributed by atoms with Crippen LogP contribution in [-0.4, -0.2) is 48.4 Å². The molecule has 0 N–H and O–H groups in total. The summed E-state index contributed by atoms with van der Waals surface area (Å²) in [6.07, 6.45) is 9.05. The highest BCUT2D eigenvalue weighted by molar-refractivity contribution is 5.79. The second kappa shape index (κ2) is 6.79. The topological polar surface area (TPSA) is 47.3 Å². The van der Waals surface area contributed by atoms with Gasteiger partial charge in [0.15, 0.2) is 0 Å². The van der Waals surface area contributed by atoms with Crippen molar-refractivity contribution in [2.45, 2.75) is 44.9 Å². The lowest BCUT2D eigenvalue weighted by molar-refractivity contribution is -0.139. The highest BCUT2D eigenvalue weighted by Crippen LogP contribution is 2.43. The van der Waals surface area contributed by atoms with E-state index < -0.39 is 0 Å². The van der Waals surface area contributed by atoms with Gasteiger partial charge < -0.3 is 4.90 Å². The van der Waals surface area contributed by atoms with E-state index in [4.69, 9.17) is 5.26 Å². The van der Waals surface area contributed by atoms with E-state index in [1.165, 1.54) is 32.1 Å². The number of piperazine rings is 1. The van der Waals surface area contributed by atoms with Gasteiger partial charge in [-0.25, -0.2) is 0 Å². The van der Waals surface area contributed by atoms with Crippen molar-refractivity contribution in [1.82, 2.24) is 9.80 Å². The fourth-order valence-corrected chi connectivity index (χ4v) is 4.58. The van der Waals surface area contributed by atoms with Crippen LogP contribution in [0, 0.1) is 29.1 Å². The molecule has 3 unspecified atom stereocenters. The van der Waals surface area contributed by atoms with E-state index in [2.05, 4.69) is 15.9 Å². The number of nitrogens with zero attached hydrogens (tertiary/aromatic N) is 3. The molecule has 3 rings (SSSR count). The van der Waals surface area contributed by atoms with Crippen molar-refractivity contribution in [2.24, 2.45) is 17.8 Å². The highest BCUT2D eigenvalue weighted by Gasteiger charge is 2.37. The van der Waals surface area contributed by atoms with Crippen LogP contribution < -0.4 is 0 Å². The Balaban J connectivity index is 1.51. The molecule has 1 aliphatic heterocycles. The maximum absolute atomic E-state index is 12.7. The molecule has 0 radical (unpaired) electrons. The monoisotopic (exact) mass is 289 g/mol. The van der Waals surface area contributed by atoms with E-state index in [-0.39, 0.29) is 5.92 Å². The summed E-state index contributed by atoms with van der Waals surface area (Å²) in [6.45, 7) is 3.83. The van der Waals surface area contributed by atoms with Gasteiger partial charge in [0.1, 0.15) is 0 Å². The minimum Gasteiger partial charge on any atom is -0.340 e. The lowest BCUT2D eigenvalue weighted by Gasteiger charge is -2.41. The van der Waals surface area contributed by atoms with Gasteiger partial charge in [0, 0.05) is 32.1 Å². The van der Waals surface area contributed by atoms with Crippen LogP contribution in [0.5, 0.6) is 0 Å². The van der Waals surface area contributed by atoms with Crippen LogP contribution >= 0.6 is 0 Å². The minimum absolute atomic E-state index is 0.284. The fourth-order valence-electron chi connectivity index (χ4n) is 4.58. The van der Waals surface area contributed by atoms with Gasteiger partial charge in [0.25, 0.3) is 0 Å². The van der Waals surface area contributed by atoms with Crippen LogP contribution in [0.1, 0.15) is 44.9 Å². The Labute approximate surface area is 128 Å². The Hall–Kier alpha value is -1.08. The molecule has 0 aromatic rings. The van der Waals surface area contributed by atoms with Crippen LogP contribution in [0.3, 0.4) is 0 Å². The summed E-state index contributed by atoms with van der Waals surface area (Å²) in [5.41, 5.74) is 0. The van der Waals surface area contributed by atoms with Crippen molar-refractivity contribution in [3.63, 3.8) is 0 Å². The van der Waals surface area contributed by atoms with E-state index >= 15 is 0 Å². The van der Waals surface area contributed by atoms with Gasteiger partial charge in [0.2, 0.25) is 5.91 Å². The molecule has 3 fully saturated rings. The number of rotatable bonds is 2. The SMILES string of the molecule is N#CCN1CCN(C(=O)C2CCC3CCCCC3C2)CC1. The maximum atomic E-state index is 12.7. The average molecular weight is 289 g/mol. The van der Waals surface area contributed by atoms with Gasteiger partial charge in [-0.05, 0) is 31.1 Å². The van der Waals surface area contributed by atoms with Crippen LogP contribution in [-0.2, 0) is 4.79 Å². The number of amides is 1. The number of nitriles is 1. The molecule has 1 heterocycles. The predicted octanol–water partition coefficient (Wildman–Crippen LogP) is 2.26. The summed E-state index contributed by atoms with van der Waals surface area (Å²) in [5.74, 6) is 2.42. The molecule has 2 saturated carbocycles. The molecule has 0 spiro atoms. The number of fused-ring (bicyclic) bond motifs is 1. The van der Waals surface area contributed by atoms with Crippen molar-refractivity contribution < 1.29 is 4.79 Å². The first-order valence-electron chi connectivity index (χ1n) is 8.66. The number of carbonyl (C=O) groups excluding carboxylic acids is 1. The summed E-state index contributed by atoms with van der Waals surface area (Å²) >= 11 is 0. The zero-order valence-electron chi connectivity index (χ0n) is 13.0. The van der Waals surface area contributed by atoms with Crippen molar-refractivity contribution in [3.05, 3.63) is 0 Å². The van der Waals surface area contributed by atoms with Gasteiger partial charge in [-0.1, -0.05) is 25.7 Å². The lowest BCUT2D eigenvalue weighted by Crippen LogP contribution is -2.51. The standard InChI is InChI=1S/C17H27N3O/c18-7-8-19-9-11-20(12-10-19)17(21)16-6-5-14-3-1-2-4-15(14)13-16/h14-16H,1-6,8-13H2. The van der Waals surface area contributed by atoms with E-state index in [0.717, 1.165) is 50.9 Å². The summed E-state index contributed by atoms with van der Waals surface area (Å²) in [5, 5.41) is 8.74. The Bertz CT molecular complexity index is 409. The zero-order chi connectivity index (χ0) is 14.7. The molecular formula is C17H27N3O. The van der Waals surface area contributed by atoms with Gasteiger partial charge in [-0.2, -0.15) is 5.26 Å². The minimum atomic E-state index is 0.284. The quantitative estimate of drug-likeness (QED) is 0.733. The normalized spacial score (nSPS) is 34.0. The molecule has 0 aromatic heterocycles. The summed E-state index contributed by atoms with van der Waals surface area (Å²) in [6, 6.07) is 2.20. The zero-order valence-corrected chi connectivity index (χ0v) is 13.0. The van der Waals surface area contributed by atoms with E-state index in [1.807, 2.05) is 0 Å². The Morgan fingerprint density at radius 1 is 1.00 bits per heavy atom. The van der Waals surface area contributed by atoms with Gasteiger partial charge in [-0.3, -0.25) is 9.69 Å². The fraction of sp³-hybridized carbons (Fsp3) is 0.882. The summed E-state index contributed by atoms with van der Waals surface area (Å²) in [7, 11) is 0. The average Bonchev–Trinajstić information content (AvgIpc) is 2.55. The highest BCUT2D eigenvalue weighted by atomic mass is 16.2. The van der Waals surface area contributed by atoms with Crippen LogP contribution in [0.4, 0.5) is 0 Å². The third-order valence-corrected chi connectivity index (χ3v) is 5.87. The largest absolute Gasteiger partial charge is 0.340 e. The first kappa shape index (κ1) is 14.8. The Morgan fingerprint density at radius 3 is 2.43 bits per heavy atom. The second-order valence-electron chi connectivity index (χ2n) is 7.07. The molecule has 0 bridgehead atoms. The lowest BCUT2D eigenvalue weighted by atomic mass is 9.67. The second-order valence-corrected chi connectivity index (χ2v) is 7.07. The van der Waals surface area contributed by atoms with Crippen molar-refractivity contribution in [2.75, 3.05) is 32.7 Å². The Kier molecular flexibility index (Phi) is 4.80. The number of hydrogen-bond acceptors (Lipinski definition) is 3. The van der Waals surface area contributed by atoms with E-state index in [1.54, 1.807) is 0 Å². The van der Waals surface area contributed by atoms with E-state index in [9.17, 15) is 4.79 Å². The first-order chi connectivity index (χ1) is 10.3. The molecule has 21 heavy (non-hydrogen) atoms.